The third-order valence-corrected chi connectivity index (χ3v) is 3.92. The van der Waals surface area contributed by atoms with Gasteiger partial charge in [-0.2, -0.15) is 0 Å². The monoisotopic (exact) mass is 367 g/mol. The summed E-state index contributed by atoms with van der Waals surface area (Å²) < 4.78 is 10.6. The summed E-state index contributed by atoms with van der Waals surface area (Å²) in [5.41, 5.74) is 1.46. The van der Waals surface area contributed by atoms with E-state index in [2.05, 4.69) is 5.32 Å². The lowest BCUT2D eigenvalue weighted by atomic mass is 10.0. The largest absolute Gasteiger partial charge is 0.484 e. The molecule has 0 bridgehead atoms. The molecule has 0 saturated carbocycles. The first-order valence-electron chi connectivity index (χ1n) is 8.22. The Labute approximate surface area is 154 Å². The Bertz CT molecular complexity index is 1040. The van der Waals surface area contributed by atoms with Gasteiger partial charge < -0.3 is 19.6 Å². The topological polar surface area (TPSA) is 106 Å². The number of benzene rings is 2. The van der Waals surface area contributed by atoms with Gasteiger partial charge in [0.2, 0.25) is 0 Å². The van der Waals surface area contributed by atoms with Crippen molar-refractivity contribution < 1.29 is 23.8 Å². The maximum atomic E-state index is 11.9. The quantitative estimate of drug-likeness (QED) is 0.648. The van der Waals surface area contributed by atoms with Crippen LogP contribution in [-0.4, -0.2) is 29.6 Å². The number of hydrogen-bond donors (Lipinski definition) is 2. The van der Waals surface area contributed by atoms with E-state index < -0.39 is 23.5 Å². The Balaban J connectivity index is 1.83. The summed E-state index contributed by atoms with van der Waals surface area (Å²) in [5, 5.41) is 11.8. The van der Waals surface area contributed by atoms with Crippen LogP contribution in [-0.2, 0) is 9.59 Å². The van der Waals surface area contributed by atoms with E-state index in [1.165, 1.54) is 19.1 Å². The molecule has 27 heavy (non-hydrogen) atoms. The highest BCUT2D eigenvalue weighted by Crippen LogP contribution is 2.29. The molecular weight excluding hydrogens is 350 g/mol. The number of carbonyl (C=O) groups excluding carboxylic acids is 1. The number of fused-ring (bicyclic) bond motifs is 1. The molecule has 138 valence electrons. The van der Waals surface area contributed by atoms with E-state index in [9.17, 15) is 14.4 Å². The average Bonchev–Trinajstić information content (AvgIpc) is 2.66. The molecule has 0 fully saturated rings. The molecule has 1 atom stereocenters. The molecule has 7 nitrogen and oxygen atoms in total. The second kappa shape index (κ2) is 7.74. The van der Waals surface area contributed by atoms with E-state index in [-0.39, 0.29) is 6.61 Å². The summed E-state index contributed by atoms with van der Waals surface area (Å²) in [6.45, 7) is 1.00. The zero-order chi connectivity index (χ0) is 19.4. The van der Waals surface area contributed by atoms with E-state index >= 15 is 0 Å². The standard InChI is InChI=1S/C20H17NO6/c1-12(20(24)25)21-18(22)11-26-14-7-8-15-16(13-5-3-2-4-6-13)10-19(23)27-17(15)9-14/h2-10,12H,11H2,1H3,(H,21,22)(H,24,25)/t12-/m1/s1. The van der Waals surface area contributed by atoms with Crippen molar-refractivity contribution in [2.75, 3.05) is 6.61 Å². The first-order chi connectivity index (χ1) is 12.9. The molecule has 2 aromatic carbocycles. The maximum Gasteiger partial charge on any atom is 0.336 e. The van der Waals surface area contributed by atoms with Gasteiger partial charge in [-0.25, -0.2) is 4.79 Å². The number of ether oxygens (including phenoxy) is 1. The highest BCUT2D eigenvalue weighted by atomic mass is 16.5. The Hall–Kier alpha value is -3.61. The van der Waals surface area contributed by atoms with Crippen molar-refractivity contribution in [3.05, 3.63) is 65.0 Å². The van der Waals surface area contributed by atoms with Gasteiger partial charge in [0.1, 0.15) is 17.4 Å². The fourth-order valence-corrected chi connectivity index (χ4v) is 2.58. The van der Waals surface area contributed by atoms with Crippen LogP contribution in [0.25, 0.3) is 22.1 Å². The summed E-state index contributed by atoms with van der Waals surface area (Å²) in [6.07, 6.45) is 0. The minimum Gasteiger partial charge on any atom is -0.484 e. The second-order valence-electron chi connectivity index (χ2n) is 5.92. The molecule has 7 heteroatoms. The summed E-state index contributed by atoms with van der Waals surface area (Å²) in [6, 6.07) is 14.8. The SMILES string of the molecule is C[C@@H](NC(=O)COc1ccc2c(-c3ccccc3)cc(=O)oc2c1)C(=O)O. The maximum absolute atomic E-state index is 11.9. The predicted octanol–water partition coefficient (Wildman–Crippen LogP) is 2.43. The van der Waals surface area contributed by atoms with Crippen molar-refractivity contribution in [3.8, 4) is 16.9 Å². The molecule has 1 aromatic heterocycles. The van der Waals surface area contributed by atoms with Crippen LogP contribution in [0.3, 0.4) is 0 Å². The number of carboxylic acids is 1. The molecule has 1 heterocycles. The van der Waals surface area contributed by atoms with Crippen molar-refractivity contribution in [2.24, 2.45) is 0 Å². The fraction of sp³-hybridized carbons (Fsp3) is 0.150. The molecule has 0 spiro atoms. The average molecular weight is 367 g/mol. The van der Waals surface area contributed by atoms with Crippen LogP contribution in [0.2, 0.25) is 0 Å². The zero-order valence-corrected chi connectivity index (χ0v) is 14.5. The molecular formula is C20H17NO6. The molecule has 0 saturated heterocycles. The van der Waals surface area contributed by atoms with Crippen LogP contribution in [0.5, 0.6) is 5.75 Å². The van der Waals surface area contributed by atoms with Gasteiger partial charge in [0.25, 0.3) is 5.91 Å². The van der Waals surface area contributed by atoms with Gasteiger partial charge in [-0.05, 0) is 30.2 Å². The Morgan fingerprint density at radius 2 is 1.89 bits per heavy atom. The molecule has 1 amide bonds. The number of hydrogen-bond acceptors (Lipinski definition) is 5. The number of amides is 1. The summed E-state index contributed by atoms with van der Waals surface area (Å²) >= 11 is 0. The molecule has 0 aliphatic heterocycles. The van der Waals surface area contributed by atoms with E-state index in [1.807, 2.05) is 30.3 Å². The van der Waals surface area contributed by atoms with Crippen LogP contribution in [0.4, 0.5) is 0 Å². The van der Waals surface area contributed by atoms with Gasteiger partial charge in [0.05, 0.1) is 0 Å². The van der Waals surface area contributed by atoms with Crippen molar-refractivity contribution in [1.82, 2.24) is 5.32 Å². The van der Waals surface area contributed by atoms with Gasteiger partial charge in [0, 0.05) is 17.5 Å². The van der Waals surface area contributed by atoms with Crippen molar-refractivity contribution in [2.45, 2.75) is 13.0 Å². The normalized spacial score (nSPS) is 11.7. The number of carbonyl (C=O) groups is 2. The van der Waals surface area contributed by atoms with Crippen molar-refractivity contribution >= 4 is 22.8 Å². The van der Waals surface area contributed by atoms with Crippen LogP contribution >= 0.6 is 0 Å². The lowest BCUT2D eigenvalue weighted by Gasteiger charge is -2.11. The second-order valence-corrected chi connectivity index (χ2v) is 5.92. The lowest BCUT2D eigenvalue weighted by Crippen LogP contribution is -2.40. The molecule has 3 aromatic rings. The molecule has 0 unspecified atom stereocenters. The highest BCUT2D eigenvalue weighted by molar-refractivity contribution is 5.93. The van der Waals surface area contributed by atoms with E-state index in [4.69, 9.17) is 14.3 Å². The number of nitrogens with one attached hydrogen (secondary N) is 1. The van der Waals surface area contributed by atoms with E-state index in [1.54, 1.807) is 12.1 Å². The zero-order valence-electron chi connectivity index (χ0n) is 14.5. The molecule has 0 aliphatic carbocycles. The summed E-state index contributed by atoms with van der Waals surface area (Å²) in [5.74, 6) is -1.37. The first-order valence-corrected chi connectivity index (χ1v) is 8.22. The van der Waals surface area contributed by atoms with E-state index in [0.717, 1.165) is 16.5 Å². The first kappa shape index (κ1) is 18.2. The van der Waals surface area contributed by atoms with Crippen LogP contribution < -0.4 is 15.7 Å². The van der Waals surface area contributed by atoms with Crippen molar-refractivity contribution in [3.63, 3.8) is 0 Å². The minimum absolute atomic E-state index is 0.328. The predicted molar refractivity (Wildman–Crippen MR) is 98.7 cm³/mol. The molecule has 3 rings (SSSR count). The van der Waals surface area contributed by atoms with Gasteiger partial charge >= 0.3 is 11.6 Å². The minimum atomic E-state index is -1.13. The third-order valence-electron chi connectivity index (χ3n) is 3.92. The van der Waals surface area contributed by atoms with Crippen molar-refractivity contribution in [1.29, 1.82) is 0 Å². The van der Waals surface area contributed by atoms with Gasteiger partial charge in [-0.15, -0.1) is 0 Å². The van der Waals surface area contributed by atoms with Gasteiger partial charge in [-0.1, -0.05) is 30.3 Å². The molecule has 2 N–H and O–H groups in total. The fourth-order valence-electron chi connectivity index (χ4n) is 2.58. The van der Waals surface area contributed by atoms with Crippen LogP contribution in [0.15, 0.2) is 63.8 Å². The summed E-state index contributed by atoms with van der Waals surface area (Å²) in [7, 11) is 0. The summed E-state index contributed by atoms with van der Waals surface area (Å²) in [4.78, 5) is 34.4. The number of rotatable bonds is 6. The lowest BCUT2D eigenvalue weighted by molar-refractivity contribution is -0.141. The third kappa shape index (κ3) is 4.33. The van der Waals surface area contributed by atoms with Crippen LogP contribution in [0.1, 0.15) is 6.92 Å². The Morgan fingerprint density at radius 1 is 1.15 bits per heavy atom. The Kier molecular flexibility index (Phi) is 5.21. The Morgan fingerprint density at radius 3 is 2.59 bits per heavy atom. The molecule has 0 aliphatic rings. The number of aliphatic carboxylic acids is 1. The highest BCUT2D eigenvalue weighted by Gasteiger charge is 2.14. The smallest absolute Gasteiger partial charge is 0.336 e. The molecule has 0 radical (unpaired) electrons. The number of carboxylic acid groups (broad SMARTS) is 1. The van der Waals surface area contributed by atoms with Gasteiger partial charge in [0.15, 0.2) is 6.61 Å². The van der Waals surface area contributed by atoms with Gasteiger partial charge in [-0.3, -0.25) is 9.59 Å². The van der Waals surface area contributed by atoms with E-state index in [0.29, 0.717) is 11.3 Å². The van der Waals surface area contributed by atoms with Crippen LogP contribution in [0, 0.1) is 0 Å².